The second-order valence-corrected chi connectivity index (χ2v) is 4.79. The summed E-state index contributed by atoms with van der Waals surface area (Å²) in [6.07, 6.45) is -0.319. The van der Waals surface area contributed by atoms with E-state index in [1.54, 1.807) is 36.4 Å². The first-order valence-corrected chi connectivity index (χ1v) is 6.94. The Morgan fingerprint density at radius 2 is 1.43 bits per heavy atom. The summed E-state index contributed by atoms with van der Waals surface area (Å²) in [5, 5.41) is 0. The third-order valence-corrected chi connectivity index (χ3v) is 3.37. The highest BCUT2D eigenvalue weighted by Gasteiger charge is 2.20. The summed E-state index contributed by atoms with van der Waals surface area (Å²) in [6, 6.07) is 12.8. The minimum absolute atomic E-state index is 0.155. The molecule has 0 saturated carbocycles. The number of hydrogen-bond donors (Lipinski definition) is 0. The number of ether oxygens (including phenoxy) is 2. The molecule has 0 aliphatic carbocycles. The number of carbonyl (C=O) groups is 3. The van der Waals surface area contributed by atoms with E-state index in [9.17, 15) is 14.4 Å². The van der Waals surface area contributed by atoms with Crippen LogP contribution < -0.4 is 4.74 Å². The van der Waals surface area contributed by atoms with E-state index in [2.05, 4.69) is 4.74 Å². The van der Waals surface area contributed by atoms with Gasteiger partial charge in [-0.3, -0.25) is 9.59 Å². The Bertz CT molecular complexity index is 731. The van der Waals surface area contributed by atoms with Gasteiger partial charge in [0.1, 0.15) is 5.75 Å². The average molecular weight is 312 g/mol. The Hall–Kier alpha value is -2.95. The first-order chi connectivity index (χ1) is 11.1. The molecule has 5 nitrogen and oxygen atoms in total. The van der Waals surface area contributed by atoms with Gasteiger partial charge in [0.25, 0.3) is 0 Å². The summed E-state index contributed by atoms with van der Waals surface area (Å²) >= 11 is 0. The Labute approximate surface area is 133 Å². The SMILES string of the molecule is COC(=O)c1ccccc1C(=O)CC(=O)c1ccc(OC)cc1. The van der Waals surface area contributed by atoms with E-state index in [4.69, 9.17) is 4.74 Å². The van der Waals surface area contributed by atoms with E-state index in [1.165, 1.54) is 26.4 Å². The number of carbonyl (C=O) groups excluding carboxylic acids is 3. The van der Waals surface area contributed by atoms with Gasteiger partial charge in [0.15, 0.2) is 11.6 Å². The summed E-state index contributed by atoms with van der Waals surface area (Å²) in [6.45, 7) is 0. The molecular weight excluding hydrogens is 296 g/mol. The molecule has 0 bridgehead atoms. The van der Waals surface area contributed by atoms with Crippen LogP contribution in [-0.2, 0) is 4.74 Å². The van der Waals surface area contributed by atoms with Gasteiger partial charge in [-0.25, -0.2) is 4.79 Å². The highest BCUT2D eigenvalue weighted by Crippen LogP contribution is 2.16. The number of esters is 1. The van der Waals surface area contributed by atoms with Crippen molar-refractivity contribution in [1.82, 2.24) is 0 Å². The van der Waals surface area contributed by atoms with Crippen LogP contribution in [0.1, 0.15) is 37.5 Å². The maximum Gasteiger partial charge on any atom is 0.338 e. The molecule has 0 spiro atoms. The summed E-state index contributed by atoms with van der Waals surface area (Å²) in [4.78, 5) is 36.2. The summed E-state index contributed by atoms with van der Waals surface area (Å²) in [7, 11) is 2.77. The van der Waals surface area contributed by atoms with Gasteiger partial charge < -0.3 is 9.47 Å². The van der Waals surface area contributed by atoms with Gasteiger partial charge >= 0.3 is 5.97 Å². The summed E-state index contributed by atoms with van der Waals surface area (Å²) in [5.41, 5.74) is 0.749. The Kier molecular flexibility index (Phi) is 5.25. The lowest BCUT2D eigenvalue weighted by atomic mass is 9.98. The lowest BCUT2D eigenvalue weighted by Gasteiger charge is -2.07. The van der Waals surface area contributed by atoms with Crippen molar-refractivity contribution in [3.63, 3.8) is 0 Å². The van der Waals surface area contributed by atoms with Crippen molar-refractivity contribution in [1.29, 1.82) is 0 Å². The van der Waals surface area contributed by atoms with Crippen molar-refractivity contribution < 1.29 is 23.9 Å². The maximum atomic E-state index is 12.3. The van der Waals surface area contributed by atoms with Crippen molar-refractivity contribution in [3.8, 4) is 5.75 Å². The standard InChI is InChI=1S/C18H16O5/c1-22-13-9-7-12(8-10-13)16(19)11-17(20)14-5-3-4-6-15(14)18(21)23-2/h3-10H,11H2,1-2H3. The molecule has 0 unspecified atom stereocenters. The van der Waals surface area contributed by atoms with Gasteiger partial charge in [-0.1, -0.05) is 18.2 Å². The van der Waals surface area contributed by atoms with Crippen LogP contribution >= 0.6 is 0 Å². The molecule has 118 valence electrons. The van der Waals surface area contributed by atoms with Gasteiger partial charge in [0.05, 0.1) is 26.2 Å². The molecular formula is C18H16O5. The van der Waals surface area contributed by atoms with Crippen molar-refractivity contribution in [2.45, 2.75) is 6.42 Å². The second kappa shape index (κ2) is 7.35. The third-order valence-electron chi connectivity index (χ3n) is 3.37. The summed E-state index contributed by atoms with van der Waals surface area (Å²) in [5.74, 6) is -0.723. The lowest BCUT2D eigenvalue weighted by molar-refractivity contribution is 0.0596. The van der Waals surface area contributed by atoms with Crippen LogP contribution in [0.4, 0.5) is 0 Å². The third kappa shape index (κ3) is 3.83. The molecule has 0 fully saturated rings. The first kappa shape index (κ1) is 16.4. The van der Waals surface area contributed by atoms with Crippen molar-refractivity contribution >= 4 is 17.5 Å². The number of Topliss-reactive ketones (excluding diaryl/α,β-unsaturated/α-hetero) is 2. The monoisotopic (exact) mass is 312 g/mol. The fraction of sp³-hybridized carbons (Fsp3) is 0.167. The van der Waals surface area contributed by atoms with Gasteiger partial charge in [-0.15, -0.1) is 0 Å². The molecule has 0 amide bonds. The highest BCUT2D eigenvalue weighted by atomic mass is 16.5. The molecule has 0 aliphatic rings. The molecule has 2 rings (SSSR count). The van der Waals surface area contributed by atoms with E-state index in [0.717, 1.165) is 0 Å². The zero-order valence-electron chi connectivity index (χ0n) is 12.9. The Morgan fingerprint density at radius 3 is 2.00 bits per heavy atom. The van der Waals surface area contributed by atoms with E-state index in [0.29, 0.717) is 11.3 Å². The maximum absolute atomic E-state index is 12.3. The topological polar surface area (TPSA) is 69.7 Å². The predicted molar refractivity (Wildman–Crippen MR) is 84.1 cm³/mol. The molecule has 23 heavy (non-hydrogen) atoms. The van der Waals surface area contributed by atoms with Crippen molar-refractivity contribution in [2.75, 3.05) is 14.2 Å². The molecule has 0 saturated heterocycles. The van der Waals surface area contributed by atoms with Crippen LogP contribution in [0, 0.1) is 0 Å². The number of benzene rings is 2. The van der Waals surface area contributed by atoms with Gasteiger partial charge in [-0.2, -0.15) is 0 Å². The van der Waals surface area contributed by atoms with E-state index in [-0.39, 0.29) is 23.3 Å². The first-order valence-electron chi connectivity index (χ1n) is 6.94. The summed E-state index contributed by atoms with van der Waals surface area (Å²) < 4.78 is 9.68. The number of methoxy groups -OCH3 is 2. The van der Waals surface area contributed by atoms with E-state index >= 15 is 0 Å². The zero-order chi connectivity index (χ0) is 16.8. The lowest BCUT2D eigenvalue weighted by Crippen LogP contribution is -2.14. The zero-order valence-corrected chi connectivity index (χ0v) is 12.9. The quantitative estimate of drug-likeness (QED) is 0.466. The van der Waals surface area contributed by atoms with Crippen molar-refractivity contribution in [2.24, 2.45) is 0 Å². The Morgan fingerprint density at radius 1 is 0.826 bits per heavy atom. The van der Waals surface area contributed by atoms with E-state index < -0.39 is 11.8 Å². The normalized spacial score (nSPS) is 10.0. The highest BCUT2D eigenvalue weighted by molar-refractivity contribution is 6.16. The largest absolute Gasteiger partial charge is 0.497 e. The van der Waals surface area contributed by atoms with Crippen LogP contribution in [0.5, 0.6) is 5.75 Å². The van der Waals surface area contributed by atoms with Crippen LogP contribution in [0.3, 0.4) is 0 Å². The number of ketones is 2. The Balaban J connectivity index is 2.18. The van der Waals surface area contributed by atoms with Crippen molar-refractivity contribution in [3.05, 3.63) is 65.2 Å². The predicted octanol–water partition coefficient (Wildman–Crippen LogP) is 2.94. The van der Waals surface area contributed by atoms with Crippen LogP contribution in [0.25, 0.3) is 0 Å². The van der Waals surface area contributed by atoms with Gasteiger partial charge in [0.2, 0.25) is 0 Å². The van der Waals surface area contributed by atoms with Gasteiger partial charge in [-0.05, 0) is 30.3 Å². The number of rotatable bonds is 6. The molecule has 0 N–H and O–H groups in total. The second-order valence-electron chi connectivity index (χ2n) is 4.79. The fourth-order valence-electron chi connectivity index (χ4n) is 2.13. The molecule has 0 aromatic heterocycles. The minimum atomic E-state index is -0.606. The molecule has 0 atom stereocenters. The molecule has 0 radical (unpaired) electrons. The fourth-order valence-corrected chi connectivity index (χ4v) is 2.13. The van der Waals surface area contributed by atoms with Crippen LogP contribution in [0.15, 0.2) is 48.5 Å². The van der Waals surface area contributed by atoms with Crippen LogP contribution in [0.2, 0.25) is 0 Å². The smallest absolute Gasteiger partial charge is 0.338 e. The number of hydrogen-bond acceptors (Lipinski definition) is 5. The molecule has 0 heterocycles. The van der Waals surface area contributed by atoms with Crippen LogP contribution in [-0.4, -0.2) is 31.8 Å². The molecule has 5 heteroatoms. The molecule has 2 aromatic carbocycles. The average Bonchev–Trinajstić information content (AvgIpc) is 2.61. The molecule has 2 aromatic rings. The molecule has 0 aliphatic heterocycles. The minimum Gasteiger partial charge on any atom is -0.497 e. The van der Waals surface area contributed by atoms with Gasteiger partial charge in [0, 0.05) is 11.1 Å². The van der Waals surface area contributed by atoms with E-state index in [1.807, 2.05) is 0 Å².